The van der Waals surface area contributed by atoms with Crippen LogP contribution in [-0.4, -0.2) is 12.2 Å². The van der Waals surface area contributed by atoms with Crippen molar-refractivity contribution in [3.63, 3.8) is 0 Å². The molecule has 0 aliphatic carbocycles. The van der Waals surface area contributed by atoms with Gasteiger partial charge >= 0.3 is 0 Å². The number of rotatable bonds is 2. The molecule has 0 spiro atoms. The fourth-order valence-corrected chi connectivity index (χ4v) is 1.90. The minimum Gasteiger partial charge on any atom is -0.496 e. The normalized spacial score (nSPS) is 12.7. The van der Waals surface area contributed by atoms with E-state index in [0.29, 0.717) is 11.3 Å². The van der Waals surface area contributed by atoms with Crippen molar-refractivity contribution >= 4 is 11.6 Å². The molecule has 78 valence electrons. The lowest BCUT2D eigenvalue weighted by molar-refractivity contribution is 0.254. The second-order valence-corrected chi connectivity index (χ2v) is 3.83. The minimum atomic E-state index is -1.01. The lowest BCUT2D eigenvalue weighted by Crippen LogP contribution is -2.01. The monoisotopic (exact) mass is 214 g/mol. The third-order valence-corrected chi connectivity index (χ3v) is 2.70. The molecule has 1 atom stereocenters. The summed E-state index contributed by atoms with van der Waals surface area (Å²) < 4.78 is 5.25. The highest BCUT2D eigenvalue weighted by Gasteiger charge is 2.17. The Kier molecular flexibility index (Phi) is 3.40. The third kappa shape index (κ3) is 1.86. The van der Waals surface area contributed by atoms with Gasteiger partial charge in [-0.25, -0.2) is 0 Å². The van der Waals surface area contributed by atoms with Crippen LogP contribution in [0, 0.1) is 20.8 Å². The van der Waals surface area contributed by atoms with E-state index < -0.39 is 5.56 Å². The first-order valence-corrected chi connectivity index (χ1v) is 4.89. The third-order valence-electron chi connectivity index (χ3n) is 2.48. The Morgan fingerprint density at radius 3 is 2.29 bits per heavy atom. The molecule has 0 amide bonds. The van der Waals surface area contributed by atoms with Crippen LogP contribution in [0.25, 0.3) is 0 Å². The van der Waals surface area contributed by atoms with E-state index >= 15 is 0 Å². The van der Waals surface area contributed by atoms with Crippen molar-refractivity contribution in [2.45, 2.75) is 26.3 Å². The zero-order chi connectivity index (χ0) is 10.9. The number of aliphatic hydroxyl groups excluding tert-OH is 1. The van der Waals surface area contributed by atoms with Crippen LogP contribution in [0.5, 0.6) is 5.75 Å². The first kappa shape index (κ1) is 11.3. The predicted octanol–water partition coefficient (Wildman–Crippen LogP) is 2.85. The topological polar surface area (TPSA) is 29.5 Å². The summed E-state index contributed by atoms with van der Waals surface area (Å²) in [6.07, 6.45) is 0. The number of benzene rings is 1. The molecule has 1 aromatic carbocycles. The largest absolute Gasteiger partial charge is 0.496 e. The SMILES string of the molecule is COc1c(C)c(C)cc(C)c1C(O)Cl. The summed E-state index contributed by atoms with van der Waals surface area (Å²) in [5.74, 6) is 0.685. The average molecular weight is 215 g/mol. The van der Waals surface area contributed by atoms with Gasteiger partial charge in [0.25, 0.3) is 0 Å². The van der Waals surface area contributed by atoms with E-state index in [4.69, 9.17) is 16.3 Å². The predicted molar refractivity (Wildman–Crippen MR) is 58.0 cm³/mol. The van der Waals surface area contributed by atoms with Crippen LogP contribution in [0.2, 0.25) is 0 Å². The molecule has 0 aliphatic rings. The highest BCUT2D eigenvalue weighted by Crippen LogP contribution is 2.35. The van der Waals surface area contributed by atoms with Gasteiger partial charge in [-0.2, -0.15) is 0 Å². The number of aryl methyl sites for hydroxylation is 2. The summed E-state index contributed by atoms with van der Waals surface area (Å²) in [7, 11) is 1.59. The Bertz CT molecular complexity index is 346. The molecule has 1 unspecified atom stereocenters. The zero-order valence-corrected chi connectivity index (χ0v) is 9.64. The summed E-state index contributed by atoms with van der Waals surface area (Å²) in [6, 6.07) is 2.00. The molecule has 1 N–H and O–H groups in total. The molecule has 0 bridgehead atoms. The molecule has 0 aliphatic heterocycles. The molecule has 0 heterocycles. The Balaban J connectivity index is 3.47. The molecule has 0 aromatic heterocycles. The van der Waals surface area contributed by atoms with Crippen molar-refractivity contribution in [1.82, 2.24) is 0 Å². The molecule has 3 heteroatoms. The van der Waals surface area contributed by atoms with Crippen LogP contribution in [0.15, 0.2) is 6.07 Å². The number of aliphatic hydroxyl groups is 1. The van der Waals surface area contributed by atoms with Crippen LogP contribution in [0.4, 0.5) is 0 Å². The Morgan fingerprint density at radius 2 is 1.86 bits per heavy atom. The van der Waals surface area contributed by atoms with Gasteiger partial charge in [-0.05, 0) is 37.5 Å². The second kappa shape index (κ2) is 4.20. The van der Waals surface area contributed by atoms with Crippen LogP contribution in [0.1, 0.15) is 27.8 Å². The number of halogens is 1. The molecule has 1 rings (SSSR count). The molecule has 0 saturated heterocycles. The van der Waals surface area contributed by atoms with Crippen LogP contribution >= 0.6 is 11.6 Å². The van der Waals surface area contributed by atoms with Crippen LogP contribution in [0.3, 0.4) is 0 Å². The number of hydrogen-bond acceptors (Lipinski definition) is 2. The van der Waals surface area contributed by atoms with Crippen molar-refractivity contribution in [2.24, 2.45) is 0 Å². The van der Waals surface area contributed by atoms with E-state index in [1.165, 1.54) is 0 Å². The standard InChI is InChI=1S/C11H15ClO2/c1-6-5-7(2)9(11(12)13)10(14-4)8(6)3/h5,11,13H,1-4H3. The van der Waals surface area contributed by atoms with Gasteiger partial charge in [0.15, 0.2) is 5.56 Å². The van der Waals surface area contributed by atoms with Gasteiger partial charge in [0.1, 0.15) is 5.75 Å². The minimum absolute atomic E-state index is 0.664. The van der Waals surface area contributed by atoms with Crippen molar-refractivity contribution in [3.05, 3.63) is 28.3 Å². The van der Waals surface area contributed by atoms with Gasteiger partial charge < -0.3 is 9.84 Å². The molecule has 0 fully saturated rings. The maximum Gasteiger partial charge on any atom is 0.157 e. The summed E-state index contributed by atoms with van der Waals surface area (Å²) >= 11 is 5.69. The van der Waals surface area contributed by atoms with E-state index in [1.54, 1.807) is 7.11 Å². The molecule has 1 aromatic rings. The van der Waals surface area contributed by atoms with Gasteiger partial charge in [-0.15, -0.1) is 0 Å². The van der Waals surface area contributed by atoms with Crippen LogP contribution < -0.4 is 4.74 Å². The molecule has 2 nitrogen and oxygen atoms in total. The van der Waals surface area contributed by atoms with E-state index in [1.807, 2.05) is 26.8 Å². The van der Waals surface area contributed by atoms with Gasteiger partial charge in [0, 0.05) is 5.56 Å². The number of ether oxygens (including phenoxy) is 1. The molecular weight excluding hydrogens is 200 g/mol. The van der Waals surface area contributed by atoms with Crippen LogP contribution in [-0.2, 0) is 0 Å². The fraction of sp³-hybridized carbons (Fsp3) is 0.455. The smallest absolute Gasteiger partial charge is 0.157 e. The molecule has 0 saturated carbocycles. The maximum absolute atomic E-state index is 9.42. The van der Waals surface area contributed by atoms with E-state index in [2.05, 4.69) is 0 Å². The van der Waals surface area contributed by atoms with Crippen molar-refractivity contribution < 1.29 is 9.84 Å². The summed E-state index contributed by atoms with van der Waals surface area (Å²) in [4.78, 5) is 0. The second-order valence-electron chi connectivity index (χ2n) is 3.42. The number of methoxy groups -OCH3 is 1. The summed E-state index contributed by atoms with van der Waals surface area (Å²) in [5, 5.41) is 9.42. The first-order valence-electron chi connectivity index (χ1n) is 4.45. The van der Waals surface area contributed by atoms with Gasteiger partial charge in [0.05, 0.1) is 7.11 Å². The Morgan fingerprint density at radius 1 is 1.29 bits per heavy atom. The Hall–Kier alpha value is -0.730. The van der Waals surface area contributed by atoms with Gasteiger partial charge in [0.2, 0.25) is 0 Å². The average Bonchev–Trinajstić information content (AvgIpc) is 2.09. The lowest BCUT2D eigenvalue weighted by Gasteiger charge is -2.17. The van der Waals surface area contributed by atoms with Crippen molar-refractivity contribution in [3.8, 4) is 5.75 Å². The number of alkyl halides is 1. The molecule has 14 heavy (non-hydrogen) atoms. The summed E-state index contributed by atoms with van der Waals surface area (Å²) in [6.45, 7) is 5.88. The van der Waals surface area contributed by atoms with Crippen molar-refractivity contribution in [1.29, 1.82) is 0 Å². The quantitative estimate of drug-likeness (QED) is 0.768. The zero-order valence-electron chi connectivity index (χ0n) is 8.89. The summed E-state index contributed by atoms with van der Waals surface area (Å²) in [5.41, 5.74) is 2.77. The van der Waals surface area contributed by atoms with Gasteiger partial charge in [-0.1, -0.05) is 17.7 Å². The maximum atomic E-state index is 9.42. The molecule has 0 radical (unpaired) electrons. The molecular formula is C11H15ClO2. The Labute approximate surface area is 89.5 Å². The first-order chi connectivity index (χ1) is 6.49. The van der Waals surface area contributed by atoms with E-state index in [9.17, 15) is 5.11 Å². The van der Waals surface area contributed by atoms with Crippen molar-refractivity contribution in [2.75, 3.05) is 7.11 Å². The highest BCUT2D eigenvalue weighted by atomic mass is 35.5. The lowest BCUT2D eigenvalue weighted by atomic mass is 9.99. The van der Waals surface area contributed by atoms with E-state index in [-0.39, 0.29) is 0 Å². The van der Waals surface area contributed by atoms with E-state index in [0.717, 1.165) is 16.7 Å². The fourth-order valence-electron chi connectivity index (χ4n) is 1.63. The highest BCUT2D eigenvalue weighted by molar-refractivity contribution is 6.20. The number of hydrogen-bond donors (Lipinski definition) is 1. The van der Waals surface area contributed by atoms with Gasteiger partial charge in [-0.3, -0.25) is 0 Å².